The summed E-state index contributed by atoms with van der Waals surface area (Å²) in [6.07, 6.45) is 1.62. The summed E-state index contributed by atoms with van der Waals surface area (Å²) in [5.74, 6) is 1.04. The molecule has 0 atom stereocenters. The first-order valence-electron chi connectivity index (χ1n) is 8.11. The lowest BCUT2D eigenvalue weighted by atomic mass is 10.2. The van der Waals surface area contributed by atoms with Crippen molar-refractivity contribution in [2.45, 2.75) is 20.8 Å². The first kappa shape index (κ1) is 16.7. The summed E-state index contributed by atoms with van der Waals surface area (Å²) in [5.41, 5.74) is 3.05. The number of aryl methyl sites for hydroxylation is 2. The average molecular weight is 336 g/mol. The molecule has 0 aliphatic carbocycles. The van der Waals surface area contributed by atoms with E-state index in [2.05, 4.69) is 15.4 Å². The molecule has 0 saturated carbocycles. The van der Waals surface area contributed by atoms with Crippen LogP contribution in [0.25, 0.3) is 5.82 Å². The zero-order valence-corrected chi connectivity index (χ0v) is 14.5. The predicted molar refractivity (Wildman–Crippen MR) is 96.4 cm³/mol. The van der Waals surface area contributed by atoms with Crippen LogP contribution in [0, 0.1) is 13.8 Å². The van der Waals surface area contributed by atoms with Gasteiger partial charge in [0.2, 0.25) is 0 Å². The van der Waals surface area contributed by atoms with Crippen LogP contribution < -0.4 is 10.1 Å². The van der Waals surface area contributed by atoms with Crippen LogP contribution in [0.15, 0.2) is 48.7 Å². The topological polar surface area (TPSA) is 69.0 Å². The van der Waals surface area contributed by atoms with Gasteiger partial charge >= 0.3 is 0 Å². The predicted octanol–water partition coefficient (Wildman–Crippen LogP) is 3.54. The van der Waals surface area contributed by atoms with E-state index in [1.165, 1.54) is 0 Å². The van der Waals surface area contributed by atoms with Gasteiger partial charge < -0.3 is 10.1 Å². The number of aromatic nitrogens is 3. The van der Waals surface area contributed by atoms with Crippen molar-refractivity contribution < 1.29 is 9.53 Å². The zero-order chi connectivity index (χ0) is 17.8. The molecule has 0 radical (unpaired) electrons. The van der Waals surface area contributed by atoms with Crippen molar-refractivity contribution in [1.29, 1.82) is 0 Å². The Morgan fingerprint density at radius 1 is 1.20 bits per heavy atom. The molecule has 1 amide bonds. The molecule has 128 valence electrons. The van der Waals surface area contributed by atoms with E-state index in [0.29, 0.717) is 29.4 Å². The number of benzene rings is 1. The highest BCUT2D eigenvalue weighted by molar-refractivity contribution is 6.06. The number of anilines is 1. The molecule has 0 fully saturated rings. The standard InChI is InChI=1S/C19H20N4O2/c1-4-25-17-8-6-5-7-16(17)19(24)21-15-9-10-18(20-12-15)23-14(3)11-13(2)22-23/h5-12H,4H2,1-3H3,(H,21,24). The van der Waals surface area contributed by atoms with Crippen LogP contribution in [0.1, 0.15) is 28.7 Å². The minimum absolute atomic E-state index is 0.232. The number of pyridine rings is 1. The van der Waals surface area contributed by atoms with Crippen molar-refractivity contribution in [3.8, 4) is 11.6 Å². The van der Waals surface area contributed by atoms with E-state index < -0.39 is 0 Å². The van der Waals surface area contributed by atoms with Gasteiger partial charge in [0.05, 0.1) is 29.7 Å². The van der Waals surface area contributed by atoms with Crippen molar-refractivity contribution in [2.24, 2.45) is 0 Å². The largest absolute Gasteiger partial charge is 0.493 e. The minimum atomic E-state index is -0.232. The number of nitrogens with one attached hydrogen (secondary N) is 1. The van der Waals surface area contributed by atoms with E-state index in [1.54, 1.807) is 29.1 Å². The number of carbonyl (C=O) groups is 1. The molecule has 2 aromatic heterocycles. The van der Waals surface area contributed by atoms with Crippen LogP contribution in [0.3, 0.4) is 0 Å². The number of para-hydroxylation sites is 1. The number of hydrogen-bond acceptors (Lipinski definition) is 4. The van der Waals surface area contributed by atoms with Gasteiger partial charge in [-0.2, -0.15) is 5.10 Å². The highest BCUT2D eigenvalue weighted by Crippen LogP contribution is 2.20. The van der Waals surface area contributed by atoms with Crippen molar-refractivity contribution in [3.05, 3.63) is 65.6 Å². The van der Waals surface area contributed by atoms with Crippen LogP contribution in [0.4, 0.5) is 5.69 Å². The normalized spacial score (nSPS) is 10.5. The molecule has 1 aromatic carbocycles. The van der Waals surface area contributed by atoms with E-state index in [-0.39, 0.29) is 5.91 Å². The Bertz CT molecular complexity index is 885. The Balaban J connectivity index is 1.78. The van der Waals surface area contributed by atoms with Gasteiger partial charge in [0.1, 0.15) is 5.75 Å². The van der Waals surface area contributed by atoms with Gasteiger partial charge in [0.15, 0.2) is 5.82 Å². The second-order valence-corrected chi connectivity index (χ2v) is 5.63. The Kier molecular flexibility index (Phi) is 4.79. The lowest BCUT2D eigenvalue weighted by Gasteiger charge is -2.10. The molecule has 0 saturated heterocycles. The Hall–Kier alpha value is -3.15. The van der Waals surface area contributed by atoms with Crippen LogP contribution in [0.5, 0.6) is 5.75 Å². The quantitative estimate of drug-likeness (QED) is 0.774. The van der Waals surface area contributed by atoms with E-state index >= 15 is 0 Å². The first-order valence-corrected chi connectivity index (χ1v) is 8.11. The third kappa shape index (κ3) is 3.68. The van der Waals surface area contributed by atoms with Crippen LogP contribution in [-0.4, -0.2) is 27.3 Å². The molecule has 3 aromatic rings. The minimum Gasteiger partial charge on any atom is -0.493 e. The van der Waals surface area contributed by atoms with Crippen molar-refractivity contribution in [3.63, 3.8) is 0 Å². The van der Waals surface area contributed by atoms with Gasteiger partial charge in [0, 0.05) is 5.69 Å². The van der Waals surface area contributed by atoms with Gasteiger partial charge in [-0.1, -0.05) is 12.1 Å². The number of carbonyl (C=O) groups excluding carboxylic acids is 1. The molecular weight excluding hydrogens is 316 g/mol. The maximum Gasteiger partial charge on any atom is 0.259 e. The zero-order valence-electron chi connectivity index (χ0n) is 14.5. The van der Waals surface area contributed by atoms with Crippen LogP contribution in [0.2, 0.25) is 0 Å². The fourth-order valence-electron chi connectivity index (χ4n) is 2.58. The van der Waals surface area contributed by atoms with Crippen molar-refractivity contribution in [2.75, 3.05) is 11.9 Å². The molecule has 3 rings (SSSR count). The first-order chi connectivity index (χ1) is 12.1. The summed E-state index contributed by atoms with van der Waals surface area (Å²) in [5, 5.41) is 7.25. The van der Waals surface area contributed by atoms with Crippen molar-refractivity contribution >= 4 is 11.6 Å². The van der Waals surface area contributed by atoms with Crippen LogP contribution in [-0.2, 0) is 0 Å². The molecule has 0 bridgehead atoms. The fraction of sp³-hybridized carbons (Fsp3) is 0.211. The SMILES string of the molecule is CCOc1ccccc1C(=O)Nc1ccc(-n2nc(C)cc2C)nc1. The third-order valence-electron chi connectivity index (χ3n) is 3.66. The smallest absolute Gasteiger partial charge is 0.259 e. The lowest BCUT2D eigenvalue weighted by molar-refractivity contribution is 0.102. The Morgan fingerprint density at radius 2 is 2.00 bits per heavy atom. The maximum absolute atomic E-state index is 12.5. The molecule has 0 aliphatic heterocycles. The summed E-state index contributed by atoms with van der Waals surface area (Å²) in [4.78, 5) is 16.9. The molecule has 2 heterocycles. The van der Waals surface area contributed by atoms with Crippen LogP contribution >= 0.6 is 0 Å². The number of rotatable bonds is 5. The second kappa shape index (κ2) is 7.17. The van der Waals surface area contributed by atoms with Gasteiger partial charge in [-0.05, 0) is 51.1 Å². The van der Waals surface area contributed by atoms with Gasteiger partial charge in [0.25, 0.3) is 5.91 Å². The lowest BCUT2D eigenvalue weighted by Crippen LogP contribution is -2.14. The average Bonchev–Trinajstić information content (AvgIpc) is 2.94. The van der Waals surface area contributed by atoms with Gasteiger partial charge in [-0.3, -0.25) is 4.79 Å². The number of hydrogen-bond donors (Lipinski definition) is 1. The second-order valence-electron chi connectivity index (χ2n) is 5.63. The molecule has 6 nitrogen and oxygen atoms in total. The molecule has 0 aliphatic rings. The summed E-state index contributed by atoms with van der Waals surface area (Å²) in [7, 11) is 0. The summed E-state index contributed by atoms with van der Waals surface area (Å²) in [6.45, 7) is 6.30. The van der Waals surface area contributed by atoms with E-state index in [0.717, 1.165) is 11.4 Å². The number of nitrogens with zero attached hydrogens (tertiary/aromatic N) is 3. The summed E-state index contributed by atoms with van der Waals surface area (Å²) >= 11 is 0. The molecule has 1 N–H and O–H groups in total. The number of ether oxygens (including phenoxy) is 1. The summed E-state index contributed by atoms with van der Waals surface area (Å²) in [6, 6.07) is 12.8. The number of amides is 1. The van der Waals surface area contributed by atoms with Gasteiger partial charge in [-0.15, -0.1) is 0 Å². The Morgan fingerprint density at radius 3 is 2.64 bits per heavy atom. The summed E-state index contributed by atoms with van der Waals surface area (Å²) < 4.78 is 7.27. The maximum atomic E-state index is 12.5. The third-order valence-corrected chi connectivity index (χ3v) is 3.66. The molecule has 6 heteroatoms. The van der Waals surface area contributed by atoms with Gasteiger partial charge in [-0.25, -0.2) is 9.67 Å². The molecule has 25 heavy (non-hydrogen) atoms. The van der Waals surface area contributed by atoms with E-state index in [4.69, 9.17) is 4.74 Å². The molecule has 0 spiro atoms. The van der Waals surface area contributed by atoms with Crippen molar-refractivity contribution in [1.82, 2.24) is 14.8 Å². The Labute approximate surface area is 146 Å². The van der Waals surface area contributed by atoms with E-state index in [1.807, 2.05) is 45.0 Å². The monoisotopic (exact) mass is 336 g/mol. The highest BCUT2D eigenvalue weighted by Gasteiger charge is 2.12. The highest BCUT2D eigenvalue weighted by atomic mass is 16.5. The molecule has 0 unspecified atom stereocenters. The van der Waals surface area contributed by atoms with E-state index in [9.17, 15) is 4.79 Å². The molecular formula is C19H20N4O2. The fourth-order valence-corrected chi connectivity index (χ4v) is 2.58.